The van der Waals surface area contributed by atoms with Crippen molar-refractivity contribution in [1.29, 1.82) is 0 Å². The van der Waals surface area contributed by atoms with Crippen LogP contribution in [-0.4, -0.2) is 19.8 Å². The van der Waals surface area contributed by atoms with Gasteiger partial charge in [0, 0.05) is 12.1 Å². The zero-order valence-electron chi connectivity index (χ0n) is 11.5. The zero-order valence-corrected chi connectivity index (χ0v) is 12.3. The maximum absolute atomic E-state index is 13.9. The lowest BCUT2D eigenvalue weighted by Crippen LogP contribution is -2.37. The Labute approximate surface area is 115 Å². The summed E-state index contributed by atoms with van der Waals surface area (Å²) in [6.07, 6.45) is 1.56. The molecule has 0 spiro atoms. The molecule has 0 radical (unpaired) electrons. The molecule has 0 N–H and O–H groups in total. The summed E-state index contributed by atoms with van der Waals surface area (Å²) < 4.78 is 41.0. The van der Waals surface area contributed by atoms with Crippen LogP contribution in [0.5, 0.6) is 0 Å². The van der Waals surface area contributed by atoms with Crippen LogP contribution >= 0.6 is 0 Å². The smallest absolute Gasteiger partial charge is 0.128 e. The van der Waals surface area contributed by atoms with Crippen molar-refractivity contribution in [3.63, 3.8) is 0 Å². The van der Waals surface area contributed by atoms with Crippen LogP contribution in [0.3, 0.4) is 0 Å². The van der Waals surface area contributed by atoms with Crippen molar-refractivity contribution in [2.45, 2.75) is 44.4 Å². The fraction of sp³-hybridized carbons (Fsp3) is 0.571. The molecule has 2 nitrogen and oxygen atoms in total. The third-order valence-electron chi connectivity index (χ3n) is 3.26. The average molecular weight is 287 g/mol. The second-order valence-electron chi connectivity index (χ2n) is 5.83. The maximum atomic E-state index is 13.9. The summed E-state index contributed by atoms with van der Waals surface area (Å²) in [6.45, 7) is 6.33. The minimum absolute atomic E-state index is 0.296. The topological polar surface area (TPSA) is 20.3 Å². The molecule has 106 valence electrons. The molecule has 0 aromatic heterocycles. The number of hydrogen-bond donors (Lipinski definition) is 0. The molecule has 1 aromatic carbocycles. The van der Waals surface area contributed by atoms with Gasteiger partial charge in [-0.05, 0) is 51.8 Å². The summed E-state index contributed by atoms with van der Waals surface area (Å²) in [6, 6.07) is 3.17. The van der Waals surface area contributed by atoms with E-state index in [2.05, 4.69) is 0 Å². The first-order chi connectivity index (χ1) is 8.80. The molecule has 1 aliphatic rings. The summed E-state index contributed by atoms with van der Waals surface area (Å²) in [5.41, 5.74) is 0.315. The van der Waals surface area contributed by atoms with Gasteiger partial charge in [-0.2, -0.15) is 0 Å². The Bertz CT molecular complexity index is 499. The number of halogens is 2. The third-order valence-corrected chi connectivity index (χ3v) is 5.17. The van der Waals surface area contributed by atoms with Crippen molar-refractivity contribution >= 4 is 11.0 Å². The van der Waals surface area contributed by atoms with Crippen LogP contribution < -0.4 is 0 Å². The first kappa shape index (κ1) is 14.6. The largest absolute Gasteiger partial charge is 0.242 e. The van der Waals surface area contributed by atoms with E-state index in [-0.39, 0.29) is 6.04 Å². The lowest BCUT2D eigenvalue weighted by atomic mass is 10.0. The summed E-state index contributed by atoms with van der Waals surface area (Å²) in [5, 5.41) is 0. The Morgan fingerprint density at radius 1 is 1.32 bits per heavy atom. The third kappa shape index (κ3) is 3.03. The van der Waals surface area contributed by atoms with Gasteiger partial charge in [0.15, 0.2) is 0 Å². The molecule has 19 heavy (non-hydrogen) atoms. The van der Waals surface area contributed by atoms with Crippen molar-refractivity contribution in [3.05, 3.63) is 35.4 Å². The molecule has 1 unspecified atom stereocenters. The quantitative estimate of drug-likeness (QED) is 0.814. The molecular weight excluding hydrogens is 268 g/mol. The molecule has 0 amide bonds. The fourth-order valence-electron chi connectivity index (χ4n) is 2.37. The van der Waals surface area contributed by atoms with Gasteiger partial charge in [0.05, 0.1) is 10.8 Å². The Balaban J connectivity index is 2.33. The number of benzene rings is 1. The summed E-state index contributed by atoms with van der Waals surface area (Å²) in [7, 11) is -1.21. The molecule has 2 rings (SSSR count). The predicted molar refractivity (Wildman–Crippen MR) is 72.9 cm³/mol. The van der Waals surface area contributed by atoms with E-state index < -0.39 is 27.4 Å². The summed E-state index contributed by atoms with van der Waals surface area (Å²) in [4.78, 5) is 0. The molecule has 1 aliphatic heterocycles. The molecule has 1 aromatic rings. The van der Waals surface area contributed by atoms with Crippen LogP contribution in [0.2, 0.25) is 0 Å². The monoisotopic (exact) mass is 287 g/mol. The van der Waals surface area contributed by atoms with Crippen LogP contribution in [0.25, 0.3) is 0 Å². The van der Waals surface area contributed by atoms with Crippen molar-refractivity contribution in [2.75, 3.05) is 6.54 Å². The standard InChI is InChI=1S/C14H19F2NOS/c1-14(2,3)19(18)17-8-4-5-13(17)11-9-10(15)6-7-12(11)16/h6-7,9,13H,4-5,8H2,1-3H3/t13-,19?/m0/s1. The molecule has 1 heterocycles. The highest BCUT2D eigenvalue weighted by atomic mass is 32.2. The van der Waals surface area contributed by atoms with Gasteiger partial charge < -0.3 is 0 Å². The highest BCUT2D eigenvalue weighted by Gasteiger charge is 2.36. The van der Waals surface area contributed by atoms with E-state index in [9.17, 15) is 13.0 Å². The van der Waals surface area contributed by atoms with Gasteiger partial charge in [-0.3, -0.25) is 0 Å². The highest BCUT2D eigenvalue weighted by molar-refractivity contribution is 7.84. The highest BCUT2D eigenvalue weighted by Crippen LogP contribution is 2.37. The maximum Gasteiger partial charge on any atom is 0.128 e. The Kier molecular flexibility index (Phi) is 4.06. The van der Waals surface area contributed by atoms with Crippen LogP contribution in [0.1, 0.15) is 45.2 Å². The van der Waals surface area contributed by atoms with Gasteiger partial charge in [0.2, 0.25) is 0 Å². The second-order valence-corrected chi connectivity index (χ2v) is 8.02. The minimum atomic E-state index is -1.21. The first-order valence-corrected chi connectivity index (χ1v) is 7.55. The van der Waals surface area contributed by atoms with E-state index in [1.165, 1.54) is 6.07 Å². The molecule has 0 saturated carbocycles. The lowest BCUT2D eigenvalue weighted by Gasteiger charge is -2.30. The molecule has 5 heteroatoms. The summed E-state index contributed by atoms with van der Waals surface area (Å²) >= 11 is 0. The molecule has 2 atom stereocenters. The van der Waals surface area contributed by atoms with Gasteiger partial charge >= 0.3 is 0 Å². The normalized spacial score (nSPS) is 22.7. The molecule has 1 saturated heterocycles. The zero-order chi connectivity index (χ0) is 14.2. The molecule has 0 aliphatic carbocycles. The van der Waals surface area contributed by atoms with Crippen molar-refractivity contribution in [2.24, 2.45) is 0 Å². The van der Waals surface area contributed by atoms with E-state index in [1.807, 2.05) is 20.8 Å². The molecular formula is C14H19F2NOS. The van der Waals surface area contributed by atoms with Crippen LogP contribution in [0.4, 0.5) is 8.78 Å². The number of hydrogen-bond acceptors (Lipinski definition) is 1. The van der Waals surface area contributed by atoms with Gasteiger partial charge in [-0.25, -0.2) is 17.3 Å². The first-order valence-electron chi connectivity index (χ1n) is 6.44. The Morgan fingerprint density at radius 2 is 2.00 bits per heavy atom. The number of rotatable bonds is 2. The van der Waals surface area contributed by atoms with E-state index in [4.69, 9.17) is 0 Å². The van der Waals surface area contributed by atoms with E-state index in [0.717, 1.165) is 18.6 Å². The minimum Gasteiger partial charge on any atom is -0.242 e. The van der Waals surface area contributed by atoms with Crippen molar-refractivity contribution in [3.8, 4) is 0 Å². The van der Waals surface area contributed by atoms with E-state index in [1.54, 1.807) is 4.31 Å². The number of nitrogens with zero attached hydrogens (tertiary/aromatic N) is 1. The Morgan fingerprint density at radius 3 is 2.63 bits per heavy atom. The predicted octanol–water partition coefficient (Wildman–Crippen LogP) is 3.56. The average Bonchev–Trinajstić information content (AvgIpc) is 2.78. The van der Waals surface area contributed by atoms with Gasteiger partial charge in [0.25, 0.3) is 0 Å². The van der Waals surface area contributed by atoms with E-state index in [0.29, 0.717) is 18.5 Å². The van der Waals surface area contributed by atoms with Crippen molar-refractivity contribution in [1.82, 2.24) is 4.31 Å². The van der Waals surface area contributed by atoms with Crippen molar-refractivity contribution < 1.29 is 13.0 Å². The van der Waals surface area contributed by atoms with Crippen LogP contribution in [-0.2, 0) is 11.0 Å². The van der Waals surface area contributed by atoms with Gasteiger partial charge in [-0.15, -0.1) is 0 Å². The molecule has 1 fully saturated rings. The fourth-order valence-corrected chi connectivity index (χ4v) is 3.82. The van der Waals surface area contributed by atoms with Gasteiger partial charge in [0.1, 0.15) is 22.6 Å². The molecule has 0 bridgehead atoms. The van der Waals surface area contributed by atoms with Gasteiger partial charge in [-0.1, -0.05) is 0 Å². The van der Waals surface area contributed by atoms with Crippen LogP contribution in [0.15, 0.2) is 18.2 Å². The van der Waals surface area contributed by atoms with E-state index >= 15 is 0 Å². The summed E-state index contributed by atoms with van der Waals surface area (Å²) in [5.74, 6) is -0.881. The van der Waals surface area contributed by atoms with Crippen LogP contribution in [0, 0.1) is 11.6 Å². The second kappa shape index (κ2) is 5.29. The SMILES string of the molecule is CC(C)(C)S(=O)N1CCC[C@H]1c1cc(F)ccc1F. The lowest BCUT2D eigenvalue weighted by molar-refractivity contribution is 0.401. The Hall–Kier alpha value is -0.810.